The molecular formula is C10H7FN4O2. The maximum absolute atomic E-state index is 13.2. The Bertz CT molecular complexity index is 541. The first-order valence-electron chi connectivity index (χ1n) is 4.59. The first-order valence-corrected chi connectivity index (χ1v) is 4.59. The number of nitrogens with zero attached hydrogens (tertiary/aromatic N) is 4. The van der Waals surface area contributed by atoms with Gasteiger partial charge in [0.1, 0.15) is 0 Å². The van der Waals surface area contributed by atoms with Crippen LogP contribution in [0.3, 0.4) is 0 Å². The summed E-state index contributed by atoms with van der Waals surface area (Å²) in [5.74, 6) is 4.36. The van der Waals surface area contributed by atoms with Gasteiger partial charge in [-0.1, -0.05) is 17.0 Å². The fraction of sp³-hybridized carbons (Fsp3) is 0.200. The number of halogens is 1. The Balaban J connectivity index is 2.77. The summed E-state index contributed by atoms with van der Waals surface area (Å²) in [6.07, 6.45) is 0.350. The number of hydrogen-bond donors (Lipinski definition) is 0. The number of azide groups is 1. The monoisotopic (exact) mass is 234 g/mol. The normalized spacial score (nSPS) is 8.76. The van der Waals surface area contributed by atoms with E-state index in [1.165, 1.54) is 6.07 Å². The standard InChI is InChI=1S/C10H7FN4O2/c11-9-7-8(3-1-2-6-13-14-12)4-5-10(9)15(16)17/h4-5,7H,2,6H2. The molecule has 0 unspecified atom stereocenters. The summed E-state index contributed by atoms with van der Waals surface area (Å²) < 4.78 is 13.2. The first-order chi connectivity index (χ1) is 8.15. The number of benzene rings is 1. The molecule has 0 radical (unpaired) electrons. The van der Waals surface area contributed by atoms with Crippen molar-refractivity contribution in [3.05, 3.63) is 50.1 Å². The van der Waals surface area contributed by atoms with Gasteiger partial charge in [-0.05, 0) is 17.7 Å². The average molecular weight is 234 g/mol. The lowest BCUT2D eigenvalue weighted by Gasteiger charge is -1.94. The molecule has 0 heterocycles. The third kappa shape index (κ3) is 3.81. The van der Waals surface area contributed by atoms with Gasteiger partial charge in [-0.3, -0.25) is 10.1 Å². The number of nitro groups is 1. The van der Waals surface area contributed by atoms with Gasteiger partial charge in [-0.2, -0.15) is 4.39 Å². The fourth-order valence-corrected chi connectivity index (χ4v) is 1.05. The zero-order chi connectivity index (χ0) is 12.7. The van der Waals surface area contributed by atoms with Crippen LogP contribution in [-0.4, -0.2) is 11.5 Å². The zero-order valence-electron chi connectivity index (χ0n) is 8.63. The van der Waals surface area contributed by atoms with Crippen molar-refractivity contribution in [2.24, 2.45) is 5.11 Å². The SMILES string of the molecule is [N-]=[N+]=NCCC#Cc1ccc([N+](=O)[O-])c(F)c1. The van der Waals surface area contributed by atoms with Gasteiger partial charge in [0.05, 0.1) is 4.92 Å². The minimum Gasteiger partial charge on any atom is -0.258 e. The number of rotatable bonds is 3. The summed E-state index contributed by atoms with van der Waals surface area (Å²) in [6.45, 7) is 0.235. The average Bonchev–Trinajstić information content (AvgIpc) is 2.28. The van der Waals surface area contributed by atoms with E-state index in [-0.39, 0.29) is 6.54 Å². The van der Waals surface area contributed by atoms with Crippen molar-refractivity contribution in [1.82, 2.24) is 0 Å². The topological polar surface area (TPSA) is 91.9 Å². The molecule has 0 bridgehead atoms. The molecule has 0 aliphatic rings. The van der Waals surface area contributed by atoms with Gasteiger partial charge in [-0.15, -0.1) is 0 Å². The minimum absolute atomic E-state index is 0.235. The van der Waals surface area contributed by atoms with Crippen LogP contribution >= 0.6 is 0 Å². The summed E-state index contributed by atoms with van der Waals surface area (Å²) in [4.78, 5) is 12.1. The third-order valence-corrected chi connectivity index (χ3v) is 1.78. The molecule has 0 saturated heterocycles. The highest BCUT2D eigenvalue weighted by Gasteiger charge is 2.12. The predicted octanol–water partition coefficient (Wildman–Crippen LogP) is 2.79. The fourth-order valence-electron chi connectivity index (χ4n) is 1.05. The second-order valence-electron chi connectivity index (χ2n) is 2.93. The van der Waals surface area contributed by atoms with E-state index in [0.29, 0.717) is 12.0 Å². The van der Waals surface area contributed by atoms with Crippen molar-refractivity contribution in [1.29, 1.82) is 0 Å². The van der Waals surface area contributed by atoms with Crippen LogP contribution in [0.25, 0.3) is 10.4 Å². The molecule has 0 fully saturated rings. The Morgan fingerprint density at radius 2 is 2.35 bits per heavy atom. The molecule has 0 spiro atoms. The van der Waals surface area contributed by atoms with Crippen molar-refractivity contribution < 1.29 is 9.31 Å². The quantitative estimate of drug-likeness (QED) is 0.153. The first kappa shape index (κ1) is 12.5. The van der Waals surface area contributed by atoms with E-state index in [2.05, 4.69) is 21.9 Å². The van der Waals surface area contributed by atoms with E-state index >= 15 is 0 Å². The van der Waals surface area contributed by atoms with Crippen molar-refractivity contribution in [3.63, 3.8) is 0 Å². The summed E-state index contributed by atoms with van der Waals surface area (Å²) >= 11 is 0. The van der Waals surface area contributed by atoms with E-state index in [1.54, 1.807) is 0 Å². The smallest absolute Gasteiger partial charge is 0.258 e. The second kappa shape index (κ2) is 6.10. The van der Waals surface area contributed by atoms with E-state index < -0.39 is 16.4 Å². The van der Waals surface area contributed by atoms with Gasteiger partial charge < -0.3 is 0 Å². The summed E-state index contributed by atoms with van der Waals surface area (Å²) in [6, 6.07) is 3.42. The minimum atomic E-state index is -0.920. The molecule has 0 atom stereocenters. The number of nitro benzene ring substituents is 1. The maximum atomic E-state index is 13.2. The molecule has 6 nitrogen and oxygen atoms in total. The van der Waals surface area contributed by atoms with Crippen molar-refractivity contribution in [3.8, 4) is 11.8 Å². The Hall–Kier alpha value is -2.58. The molecule has 1 aromatic carbocycles. The highest BCUT2D eigenvalue weighted by atomic mass is 19.1. The zero-order valence-corrected chi connectivity index (χ0v) is 8.63. The van der Waals surface area contributed by atoms with E-state index in [9.17, 15) is 14.5 Å². The van der Waals surface area contributed by atoms with Gasteiger partial charge in [0.2, 0.25) is 5.82 Å². The second-order valence-corrected chi connectivity index (χ2v) is 2.93. The van der Waals surface area contributed by atoms with Gasteiger partial charge >= 0.3 is 5.69 Å². The maximum Gasteiger partial charge on any atom is 0.304 e. The Labute approximate surface area is 95.8 Å². The van der Waals surface area contributed by atoms with Crippen molar-refractivity contribution in [2.75, 3.05) is 6.54 Å². The predicted molar refractivity (Wildman–Crippen MR) is 58.6 cm³/mol. The Kier molecular flexibility index (Phi) is 4.48. The molecule has 7 heteroatoms. The van der Waals surface area contributed by atoms with E-state index in [1.807, 2.05) is 0 Å². The summed E-state index contributed by atoms with van der Waals surface area (Å²) in [7, 11) is 0. The van der Waals surface area contributed by atoms with Gasteiger partial charge in [-0.25, -0.2) is 0 Å². The van der Waals surface area contributed by atoms with Gasteiger partial charge in [0.25, 0.3) is 0 Å². The third-order valence-electron chi connectivity index (χ3n) is 1.78. The van der Waals surface area contributed by atoms with Crippen LogP contribution in [-0.2, 0) is 0 Å². The van der Waals surface area contributed by atoms with Gasteiger partial charge in [0.15, 0.2) is 0 Å². The highest BCUT2D eigenvalue weighted by Crippen LogP contribution is 2.17. The molecule has 0 saturated carbocycles. The van der Waals surface area contributed by atoms with Crippen molar-refractivity contribution in [2.45, 2.75) is 6.42 Å². The van der Waals surface area contributed by atoms with E-state index in [4.69, 9.17) is 5.53 Å². The molecule has 86 valence electrons. The highest BCUT2D eigenvalue weighted by molar-refractivity contribution is 5.42. The van der Waals surface area contributed by atoms with Crippen LogP contribution in [0.1, 0.15) is 12.0 Å². The lowest BCUT2D eigenvalue weighted by molar-refractivity contribution is -0.387. The van der Waals surface area contributed by atoms with E-state index in [0.717, 1.165) is 12.1 Å². The molecule has 17 heavy (non-hydrogen) atoms. The molecule has 0 aliphatic heterocycles. The van der Waals surface area contributed by atoms with Crippen molar-refractivity contribution >= 4 is 5.69 Å². The van der Waals surface area contributed by atoms with Crippen LogP contribution in [0.2, 0.25) is 0 Å². The van der Waals surface area contributed by atoms with Gasteiger partial charge in [0, 0.05) is 29.5 Å². The lowest BCUT2D eigenvalue weighted by atomic mass is 10.2. The summed E-state index contributed by atoms with van der Waals surface area (Å²) in [5, 5.41) is 13.6. The molecule has 0 amide bonds. The molecule has 1 rings (SSSR count). The molecule has 0 aromatic heterocycles. The molecule has 0 aliphatic carbocycles. The van der Waals surface area contributed by atoms with Crippen LogP contribution < -0.4 is 0 Å². The molecular weight excluding hydrogens is 227 g/mol. The molecule has 1 aromatic rings. The van der Waals surface area contributed by atoms with Crippen LogP contribution in [0, 0.1) is 27.8 Å². The Morgan fingerprint density at radius 3 is 2.94 bits per heavy atom. The van der Waals surface area contributed by atoms with Crippen LogP contribution in [0.4, 0.5) is 10.1 Å². The Morgan fingerprint density at radius 1 is 1.59 bits per heavy atom. The lowest BCUT2D eigenvalue weighted by Crippen LogP contribution is -1.92. The number of hydrogen-bond acceptors (Lipinski definition) is 3. The van der Waals surface area contributed by atoms with Crippen LogP contribution in [0.5, 0.6) is 0 Å². The largest absolute Gasteiger partial charge is 0.304 e. The summed E-state index contributed by atoms with van der Waals surface area (Å²) in [5.41, 5.74) is 7.76. The van der Waals surface area contributed by atoms with Crippen LogP contribution in [0.15, 0.2) is 23.3 Å². The molecule has 0 N–H and O–H groups in total.